The van der Waals surface area contributed by atoms with E-state index in [4.69, 9.17) is 18.0 Å². The Balaban J connectivity index is 2.30. The summed E-state index contributed by atoms with van der Waals surface area (Å²) < 4.78 is 28.0. The van der Waals surface area contributed by atoms with Crippen molar-refractivity contribution in [2.75, 3.05) is 18.0 Å². The summed E-state index contributed by atoms with van der Waals surface area (Å²) in [5.41, 5.74) is 5.65. The molecule has 5 heteroatoms. The molecule has 0 bridgehead atoms. The van der Waals surface area contributed by atoms with Crippen molar-refractivity contribution in [1.82, 2.24) is 0 Å². The van der Waals surface area contributed by atoms with Gasteiger partial charge in [-0.05, 0) is 30.9 Å². The molecule has 1 atom stereocenters. The van der Waals surface area contributed by atoms with Crippen molar-refractivity contribution in [2.45, 2.75) is 26.2 Å². The standard InChI is InChI=1S/C14H18F2N2S/c1-2-9-4-3-7-18(8-9)11-6-5-10(14(17)19)12(15)13(11)16/h5-6,9H,2-4,7-8H2,1H3,(H2,17,19). The molecule has 0 aromatic heterocycles. The molecule has 2 N–H and O–H groups in total. The van der Waals surface area contributed by atoms with E-state index in [0.29, 0.717) is 11.6 Å². The molecule has 0 saturated carbocycles. The Morgan fingerprint density at radius 2 is 2.16 bits per heavy atom. The zero-order valence-electron chi connectivity index (χ0n) is 11.0. The molecule has 0 radical (unpaired) electrons. The molecule has 1 aliphatic rings. The smallest absolute Gasteiger partial charge is 0.182 e. The Morgan fingerprint density at radius 1 is 1.42 bits per heavy atom. The molecule has 2 rings (SSSR count). The molecule has 1 aromatic carbocycles. The fourth-order valence-corrected chi connectivity index (χ4v) is 2.75. The van der Waals surface area contributed by atoms with Crippen molar-refractivity contribution < 1.29 is 8.78 Å². The minimum atomic E-state index is -0.941. The van der Waals surface area contributed by atoms with Crippen LogP contribution in [0.4, 0.5) is 14.5 Å². The largest absolute Gasteiger partial charge is 0.389 e. The number of hydrogen-bond acceptors (Lipinski definition) is 2. The second kappa shape index (κ2) is 5.82. The highest BCUT2D eigenvalue weighted by molar-refractivity contribution is 7.80. The van der Waals surface area contributed by atoms with Gasteiger partial charge in [0.1, 0.15) is 4.99 Å². The summed E-state index contributed by atoms with van der Waals surface area (Å²) in [6, 6.07) is 3.04. The highest BCUT2D eigenvalue weighted by Gasteiger charge is 2.23. The van der Waals surface area contributed by atoms with E-state index in [1.165, 1.54) is 6.07 Å². The third-order valence-electron chi connectivity index (χ3n) is 3.76. The first-order valence-electron chi connectivity index (χ1n) is 6.57. The molecule has 1 unspecified atom stereocenters. The molecule has 0 aliphatic carbocycles. The molecular weight excluding hydrogens is 266 g/mol. The first-order valence-corrected chi connectivity index (χ1v) is 6.98. The average molecular weight is 284 g/mol. The Labute approximate surface area is 117 Å². The number of halogens is 2. The zero-order valence-corrected chi connectivity index (χ0v) is 11.8. The number of thiocarbonyl (C=S) groups is 1. The van der Waals surface area contributed by atoms with Gasteiger partial charge in [-0.1, -0.05) is 25.6 Å². The number of piperidine rings is 1. The minimum absolute atomic E-state index is 0.0275. The maximum Gasteiger partial charge on any atom is 0.182 e. The van der Waals surface area contributed by atoms with E-state index in [2.05, 4.69) is 6.92 Å². The van der Waals surface area contributed by atoms with Crippen LogP contribution in [-0.2, 0) is 0 Å². The van der Waals surface area contributed by atoms with Crippen LogP contribution in [-0.4, -0.2) is 18.1 Å². The number of nitrogens with zero attached hydrogens (tertiary/aromatic N) is 1. The van der Waals surface area contributed by atoms with E-state index in [1.54, 1.807) is 6.07 Å². The second-order valence-corrected chi connectivity index (χ2v) is 5.43. The Bertz CT molecular complexity index is 491. The monoisotopic (exact) mass is 284 g/mol. The summed E-state index contributed by atoms with van der Waals surface area (Å²) in [5, 5.41) is 0. The third kappa shape index (κ3) is 2.86. The number of benzene rings is 1. The van der Waals surface area contributed by atoms with Crippen molar-refractivity contribution in [3.05, 3.63) is 29.3 Å². The first-order chi connectivity index (χ1) is 9.04. The topological polar surface area (TPSA) is 29.3 Å². The van der Waals surface area contributed by atoms with Crippen LogP contribution < -0.4 is 10.6 Å². The van der Waals surface area contributed by atoms with Gasteiger partial charge in [-0.3, -0.25) is 0 Å². The van der Waals surface area contributed by atoms with Gasteiger partial charge in [0.25, 0.3) is 0 Å². The van der Waals surface area contributed by atoms with E-state index < -0.39 is 11.6 Å². The molecule has 1 fully saturated rings. The number of anilines is 1. The van der Waals surface area contributed by atoms with Crippen molar-refractivity contribution in [2.24, 2.45) is 11.7 Å². The quantitative estimate of drug-likeness (QED) is 0.864. The van der Waals surface area contributed by atoms with Crippen molar-refractivity contribution in [1.29, 1.82) is 0 Å². The zero-order chi connectivity index (χ0) is 14.0. The van der Waals surface area contributed by atoms with E-state index in [0.717, 1.165) is 32.4 Å². The van der Waals surface area contributed by atoms with Gasteiger partial charge in [0.2, 0.25) is 0 Å². The average Bonchev–Trinajstić information content (AvgIpc) is 2.41. The van der Waals surface area contributed by atoms with E-state index in [-0.39, 0.29) is 10.6 Å². The number of hydrogen-bond donors (Lipinski definition) is 1. The predicted octanol–water partition coefficient (Wildman–Crippen LogP) is 3.23. The molecular formula is C14H18F2N2S. The molecule has 1 saturated heterocycles. The highest BCUT2D eigenvalue weighted by atomic mass is 32.1. The van der Waals surface area contributed by atoms with Gasteiger partial charge < -0.3 is 10.6 Å². The minimum Gasteiger partial charge on any atom is -0.389 e. The van der Waals surface area contributed by atoms with Crippen LogP contribution in [0.5, 0.6) is 0 Å². The molecule has 1 aromatic rings. The summed E-state index contributed by atoms with van der Waals surface area (Å²) >= 11 is 4.70. The Hall–Kier alpha value is -1.23. The van der Waals surface area contributed by atoms with Crippen LogP contribution >= 0.6 is 12.2 Å². The number of rotatable bonds is 3. The predicted molar refractivity (Wildman–Crippen MR) is 77.5 cm³/mol. The van der Waals surface area contributed by atoms with Crippen LogP contribution in [0.15, 0.2) is 12.1 Å². The lowest BCUT2D eigenvalue weighted by atomic mass is 9.95. The van der Waals surface area contributed by atoms with Gasteiger partial charge in [-0.25, -0.2) is 8.78 Å². The van der Waals surface area contributed by atoms with Crippen LogP contribution in [0.2, 0.25) is 0 Å². The molecule has 0 spiro atoms. The van der Waals surface area contributed by atoms with Crippen LogP contribution in [0.1, 0.15) is 31.7 Å². The van der Waals surface area contributed by atoms with Crippen molar-refractivity contribution in [3.8, 4) is 0 Å². The van der Waals surface area contributed by atoms with Gasteiger partial charge in [0, 0.05) is 18.7 Å². The first kappa shape index (κ1) is 14.2. The third-order valence-corrected chi connectivity index (χ3v) is 3.98. The van der Waals surface area contributed by atoms with E-state index in [9.17, 15) is 8.78 Å². The van der Waals surface area contributed by atoms with Gasteiger partial charge in [0.15, 0.2) is 11.6 Å². The maximum absolute atomic E-state index is 14.1. The summed E-state index contributed by atoms with van der Waals surface area (Å²) in [5.74, 6) is -1.24. The summed E-state index contributed by atoms with van der Waals surface area (Å²) in [7, 11) is 0. The van der Waals surface area contributed by atoms with Crippen LogP contribution in [0, 0.1) is 17.6 Å². The Kier molecular flexibility index (Phi) is 4.34. The van der Waals surface area contributed by atoms with Gasteiger partial charge in [0.05, 0.1) is 5.69 Å². The van der Waals surface area contributed by atoms with E-state index in [1.807, 2.05) is 4.90 Å². The second-order valence-electron chi connectivity index (χ2n) is 4.99. The maximum atomic E-state index is 14.1. The Morgan fingerprint density at radius 3 is 2.79 bits per heavy atom. The SMILES string of the molecule is CCC1CCCN(c2ccc(C(N)=S)c(F)c2F)C1. The normalized spacial score (nSPS) is 19.5. The van der Waals surface area contributed by atoms with Crippen LogP contribution in [0.25, 0.3) is 0 Å². The molecule has 1 heterocycles. The molecule has 1 aliphatic heterocycles. The van der Waals surface area contributed by atoms with Gasteiger partial charge in [-0.2, -0.15) is 0 Å². The summed E-state index contributed by atoms with van der Waals surface area (Å²) in [6.45, 7) is 3.67. The van der Waals surface area contributed by atoms with Crippen molar-refractivity contribution >= 4 is 22.9 Å². The van der Waals surface area contributed by atoms with Gasteiger partial charge in [-0.15, -0.1) is 0 Å². The molecule has 0 amide bonds. The number of nitrogens with two attached hydrogens (primary N) is 1. The molecule has 104 valence electrons. The van der Waals surface area contributed by atoms with E-state index >= 15 is 0 Å². The lowest BCUT2D eigenvalue weighted by molar-refractivity contribution is 0.399. The molecule has 2 nitrogen and oxygen atoms in total. The fourth-order valence-electron chi connectivity index (χ4n) is 2.59. The van der Waals surface area contributed by atoms with Crippen LogP contribution in [0.3, 0.4) is 0 Å². The van der Waals surface area contributed by atoms with Crippen molar-refractivity contribution in [3.63, 3.8) is 0 Å². The van der Waals surface area contributed by atoms with Gasteiger partial charge >= 0.3 is 0 Å². The fraction of sp³-hybridized carbons (Fsp3) is 0.500. The summed E-state index contributed by atoms with van der Waals surface area (Å²) in [4.78, 5) is 1.80. The molecule has 19 heavy (non-hydrogen) atoms. The summed E-state index contributed by atoms with van der Waals surface area (Å²) in [6.07, 6.45) is 3.23. The lowest BCUT2D eigenvalue weighted by Gasteiger charge is -2.34. The highest BCUT2D eigenvalue weighted by Crippen LogP contribution is 2.29. The lowest BCUT2D eigenvalue weighted by Crippen LogP contribution is -2.36.